The van der Waals surface area contributed by atoms with Crippen molar-refractivity contribution >= 4 is 27.7 Å². The maximum absolute atomic E-state index is 11.2. The molecule has 17 heavy (non-hydrogen) atoms. The van der Waals surface area contributed by atoms with Crippen LogP contribution in [0.1, 0.15) is 30.1 Å². The van der Waals surface area contributed by atoms with E-state index in [1.165, 1.54) is 6.42 Å². The van der Waals surface area contributed by atoms with Crippen molar-refractivity contribution < 1.29 is 9.90 Å². The smallest absolute Gasteiger partial charge is 0.339 e. The number of carboxylic acid groups (broad SMARTS) is 1. The van der Waals surface area contributed by atoms with Crippen LogP contribution < -0.4 is 4.90 Å². The number of hydrogen-bond acceptors (Lipinski definition) is 3. The summed E-state index contributed by atoms with van der Waals surface area (Å²) in [5.74, 6) is 0.259. The van der Waals surface area contributed by atoms with Gasteiger partial charge in [0.25, 0.3) is 0 Å². The van der Waals surface area contributed by atoms with Gasteiger partial charge >= 0.3 is 5.97 Å². The largest absolute Gasteiger partial charge is 0.478 e. The molecule has 1 saturated heterocycles. The Morgan fingerprint density at radius 2 is 2.41 bits per heavy atom. The van der Waals surface area contributed by atoms with Crippen molar-refractivity contribution in [3.63, 3.8) is 0 Å². The fourth-order valence-corrected chi connectivity index (χ4v) is 2.55. The van der Waals surface area contributed by atoms with Gasteiger partial charge in [-0.3, -0.25) is 0 Å². The summed E-state index contributed by atoms with van der Waals surface area (Å²) < 4.78 is 0.698. The Bertz CT molecular complexity index is 437. The third-order valence-electron chi connectivity index (χ3n) is 3.02. The van der Waals surface area contributed by atoms with Gasteiger partial charge in [0.1, 0.15) is 11.4 Å². The standard InChI is InChI=1S/C12H15BrN2O2/c1-8-3-2-4-15(7-8)11-10(12(16)17)5-9(13)6-14-11/h5-6,8H,2-4,7H2,1H3,(H,16,17). The summed E-state index contributed by atoms with van der Waals surface area (Å²) in [5, 5.41) is 9.20. The summed E-state index contributed by atoms with van der Waals surface area (Å²) >= 11 is 3.26. The Morgan fingerprint density at radius 1 is 1.65 bits per heavy atom. The van der Waals surface area contributed by atoms with Crippen LogP contribution in [0.4, 0.5) is 5.82 Å². The van der Waals surface area contributed by atoms with Gasteiger partial charge in [0, 0.05) is 23.8 Å². The Morgan fingerprint density at radius 3 is 3.06 bits per heavy atom. The fourth-order valence-electron chi connectivity index (χ4n) is 2.22. The molecule has 2 rings (SSSR count). The second kappa shape index (κ2) is 5.04. The van der Waals surface area contributed by atoms with Gasteiger partial charge in [-0.25, -0.2) is 9.78 Å². The lowest BCUT2D eigenvalue weighted by molar-refractivity contribution is 0.0697. The molecule has 1 aromatic heterocycles. The quantitative estimate of drug-likeness (QED) is 0.912. The van der Waals surface area contributed by atoms with E-state index in [1.807, 2.05) is 0 Å². The van der Waals surface area contributed by atoms with Crippen molar-refractivity contribution in [2.75, 3.05) is 18.0 Å². The lowest BCUT2D eigenvalue weighted by atomic mass is 10.00. The number of halogens is 1. The highest BCUT2D eigenvalue weighted by atomic mass is 79.9. The molecule has 1 atom stereocenters. The zero-order chi connectivity index (χ0) is 12.4. The van der Waals surface area contributed by atoms with Gasteiger partial charge in [-0.2, -0.15) is 0 Å². The number of rotatable bonds is 2. The minimum absolute atomic E-state index is 0.272. The molecule has 1 aliphatic heterocycles. The fraction of sp³-hybridized carbons (Fsp3) is 0.500. The number of anilines is 1. The molecule has 4 nitrogen and oxygen atoms in total. The van der Waals surface area contributed by atoms with E-state index in [0.717, 1.165) is 19.5 Å². The van der Waals surface area contributed by atoms with E-state index in [4.69, 9.17) is 0 Å². The van der Waals surface area contributed by atoms with Crippen molar-refractivity contribution in [1.29, 1.82) is 0 Å². The van der Waals surface area contributed by atoms with Crippen LogP contribution in [0.5, 0.6) is 0 Å². The molecule has 1 aromatic rings. The lowest BCUT2D eigenvalue weighted by Crippen LogP contribution is -2.35. The minimum atomic E-state index is -0.924. The molecule has 0 spiro atoms. The van der Waals surface area contributed by atoms with Crippen LogP contribution in [0.25, 0.3) is 0 Å². The summed E-state index contributed by atoms with van der Waals surface area (Å²) in [6.07, 6.45) is 3.95. The van der Waals surface area contributed by atoms with Gasteiger partial charge < -0.3 is 10.0 Å². The zero-order valence-corrected chi connectivity index (χ0v) is 11.3. The molecule has 0 aromatic carbocycles. The van der Waals surface area contributed by atoms with Crippen LogP contribution in [-0.2, 0) is 0 Å². The number of carboxylic acids is 1. The Hall–Kier alpha value is -1.10. The van der Waals surface area contributed by atoms with Crippen molar-refractivity contribution in [2.45, 2.75) is 19.8 Å². The van der Waals surface area contributed by atoms with E-state index in [2.05, 4.69) is 32.7 Å². The van der Waals surface area contributed by atoms with Gasteiger partial charge in [0.2, 0.25) is 0 Å². The molecule has 0 radical (unpaired) electrons. The number of carbonyl (C=O) groups is 1. The number of nitrogens with zero attached hydrogens (tertiary/aromatic N) is 2. The highest BCUT2D eigenvalue weighted by Gasteiger charge is 2.22. The number of piperidine rings is 1. The highest BCUT2D eigenvalue weighted by Crippen LogP contribution is 2.26. The van der Waals surface area contributed by atoms with Crippen molar-refractivity contribution in [1.82, 2.24) is 4.98 Å². The molecular weight excluding hydrogens is 284 g/mol. The first-order valence-electron chi connectivity index (χ1n) is 5.71. The molecule has 0 saturated carbocycles. The predicted molar refractivity (Wildman–Crippen MR) is 69.5 cm³/mol. The molecule has 0 aliphatic carbocycles. The predicted octanol–water partition coefficient (Wildman–Crippen LogP) is 2.78. The Kier molecular flexibility index (Phi) is 3.66. The van der Waals surface area contributed by atoms with Crippen molar-refractivity contribution in [3.05, 3.63) is 22.3 Å². The van der Waals surface area contributed by atoms with E-state index in [-0.39, 0.29) is 5.56 Å². The molecule has 1 unspecified atom stereocenters. The van der Waals surface area contributed by atoms with Crippen LogP contribution in [0.3, 0.4) is 0 Å². The number of aromatic nitrogens is 1. The average Bonchev–Trinajstić information content (AvgIpc) is 2.28. The summed E-state index contributed by atoms with van der Waals surface area (Å²) in [6, 6.07) is 1.62. The van der Waals surface area contributed by atoms with Crippen LogP contribution in [0, 0.1) is 5.92 Å². The molecule has 5 heteroatoms. The maximum atomic E-state index is 11.2. The first-order chi connectivity index (χ1) is 8.08. The van der Waals surface area contributed by atoms with Gasteiger partial charge in [-0.1, -0.05) is 6.92 Å². The van der Waals surface area contributed by atoms with Crippen LogP contribution in [0.15, 0.2) is 16.7 Å². The molecule has 0 bridgehead atoms. The van der Waals surface area contributed by atoms with Crippen LogP contribution in [-0.4, -0.2) is 29.1 Å². The molecule has 1 N–H and O–H groups in total. The number of aromatic carboxylic acids is 1. The van der Waals surface area contributed by atoms with Gasteiger partial charge in [0.05, 0.1) is 0 Å². The molecule has 2 heterocycles. The molecule has 92 valence electrons. The first-order valence-corrected chi connectivity index (χ1v) is 6.51. The summed E-state index contributed by atoms with van der Waals surface area (Å²) in [4.78, 5) is 17.5. The summed E-state index contributed by atoms with van der Waals surface area (Å²) in [5.41, 5.74) is 0.272. The van der Waals surface area contributed by atoms with Crippen molar-refractivity contribution in [3.8, 4) is 0 Å². The van der Waals surface area contributed by atoms with Crippen LogP contribution >= 0.6 is 15.9 Å². The van der Waals surface area contributed by atoms with Crippen LogP contribution in [0.2, 0.25) is 0 Å². The normalized spacial score (nSPS) is 20.4. The monoisotopic (exact) mass is 298 g/mol. The van der Waals surface area contributed by atoms with Gasteiger partial charge in [-0.05, 0) is 40.8 Å². The van der Waals surface area contributed by atoms with E-state index in [0.29, 0.717) is 16.2 Å². The third-order valence-corrected chi connectivity index (χ3v) is 3.45. The van der Waals surface area contributed by atoms with Gasteiger partial charge in [0.15, 0.2) is 0 Å². The lowest BCUT2D eigenvalue weighted by Gasteiger charge is -2.32. The first kappa shape index (κ1) is 12.4. The average molecular weight is 299 g/mol. The molecule has 1 fully saturated rings. The SMILES string of the molecule is CC1CCCN(c2ncc(Br)cc2C(=O)O)C1. The Balaban J connectivity index is 2.33. The molecule has 1 aliphatic rings. The van der Waals surface area contributed by atoms with Gasteiger partial charge in [-0.15, -0.1) is 0 Å². The second-order valence-corrected chi connectivity index (χ2v) is 5.44. The van der Waals surface area contributed by atoms with E-state index < -0.39 is 5.97 Å². The zero-order valence-electron chi connectivity index (χ0n) is 9.69. The maximum Gasteiger partial charge on any atom is 0.339 e. The topological polar surface area (TPSA) is 53.4 Å². The summed E-state index contributed by atoms with van der Waals surface area (Å²) in [7, 11) is 0. The second-order valence-electron chi connectivity index (χ2n) is 4.52. The Labute approximate surface area is 109 Å². The molecular formula is C12H15BrN2O2. The van der Waals surface area contributed by atoms with Crippen molar-refractivity contribution in [2.24, 2.45) is 5.92 Å². The highest BCUT2D eigenvalue weighted by molar-refractivity contribution is 9.10. The number of pyridine rings is 1. The third kappa shape index (κ3) is 2.77. The molecule has 0 amide bonds. The van der Waals surface area contributed by atoms with E-state index >= 15 is 0 Å². The summed E-state index contributed by atoms with van der Waals surface area (Å²) in [6.45, 7) is 3.96. The minimum Gasteiger partial charge on any atom is -0.478 e. The van der Waals surface area contributed by atoms with E-state index in [9.17, 15) is 9.90 Å². The number of hydrogen-bond donors (Lipinski definition) is 1. The van der Waals surface area contributed by atoms with E-state index in [1.54, 1.807) is 12.3 Å².